The number of nitrogens with zero attached hydrogens (tertiary/aromatic N) is 1. The number of rotatable bonds is 4. The van der Waals surface area contributed by atoms with E-state index in [-0.39, 0.29) is 5.90 Å². The Bertz CT molecular complexity index is 637. The van der Waals surface area contributed by atoms with Crippen molar-refractivity contribution in [2.24, 2.45) is 5.16 Å². The fourth-order valence-electron chi connectivity index (χ4n) is 2.20. The predicted octanol–water partition coefficient (Wildman–Crippen LogP) is -0.834. The molecule has 1 aromatic rings. The number of benzene rings is 1. The van der Waals surface area contributed by atoms with Crippen molar-refractivity contribution in [3.8, 4) is 0 Å². The summed E-state index contributed by atoms with van der Waals surface area (Å²) in [5, 5.41) is 37.3. The maximum absolute atomic E-state index is 11.7. The largest absolute Gasteiger partial charge is 0.468 e. The van der Waals surface area contributed by atoms with Crippen molar-refractivity contribution in [2.45, 2.75) is 31.3 Å². The van der Waals surface area contributed by atoms with Gasteiger partial charge < -0.3 is 25.4 Å². The van der Waals surface area contributed by atoms with Crippen LogP contribution in [0, 0.1) is 0 Å². The Balaban J connectivity index is 2.09. The lowest BCUT2D eigenvalue weighted by molar-refractivity contribution is -0.126. The highest BCUT2D eigenvalue weighted by Gasteiger charge is 2.44. The molecule has 0 aliphatic carbocycles. The quantitative estimate of drug-likeness (QED) is 0.350. The smallest absolute Gasteiger partial charge is 0.437 e. The lowest BCUT2D eigenvalue weighted by Crippen LogP contribution is -2.62. The van der Waals surface area contributed by atoms with Gasteiger partial charge in [0.15, 0.2) is 6.10 Å². The van der Waals surface area contributed by atoms with E-state index >= 15 is 0 Å². The normalized spacial score (nSPS) is 27.3. The van der Waals surface area contributed by atoms with Gasteiger partial charge in [-0.1, -0.05) is 18.2 Å². The van der Waals surface area contributed by atoms with Gasteiger partial charge in [-0.2, -0.15) is 0 Å². The van der Waals surface area contributed by atoms with Gasteiger partial charge in [0.2, 0.25) is 5.91 Å². The number of anilines is 1. The molecule has 0 radical (unpaired) electrons. The Morgan fingerprint density at radius 2 is 1.92 bits per heavy atom. The first-order valence-electron chi connectivity index (χ1n) is 7.44. The molecule has 1 aliphatic heterocycles. The van der Waals surface area contributed by atoms with Crippen LogP contribution >= 0.6 is 0 Å². The predicted molar refractivity (Wildman–Crippen MR) is 85.6 cm³/mol. The van der Waals surface area contributed by atoms with E-state index in [1.807, 2.05) is 0 Å². The third kappa shape index (κ3) is 4.89. The minimum atomic E-state index is -1.51. The molecule has 5 N–H and O–H groups in total. The molecule has 2 amide bonds. The van der Waals surface area contributed by atoms with Crippen LogP contribution in [0.2, 0.25) is 0 Å². The van der Waals surface area contributed by atoms with Gasteiger partial charge in [-0.25, -0.2) is 4.79 Å². The Kier molecular flexibility index (Phi) is 6.28. The van der Waals surface area contributed by atoms with Crippen molar-refractivity contribution in [1.29, 1.82) is 0 Å². The highest BCUT2D eigenvalue weighted by atomic mass is 16.7. The number of ether oxygens (including phenoxy) is 1. The number of oxime groups is 1. The summed E-state index contributed by atoms with van der Waals surface area (Å²) in [6.07, 6.45) is -5.07. The fourth-order valence-corrected chi connectivity index (χ4v) is 2.20. The minimum Gasteiger partial charge on any atom is -0.468 e. The monoisotopic (exact) mass is 353 g/mol. The van der Waals surface area contributed by atoms with Gasteiger partial charge in [-0.15, -0.1) is 0 Å². The van der Waals surface area contributed by atoms with Gasteiger partial charge in [0, 0.05) is 12.6 Å². The SMILES string of the molecule is CC(=O)N[C@@H]1/C(=N\OC(=O)Nc2ccccc2)O[C@@H](CO)[C@@H](O)[C@@H]1O. The molecule has 25 heavy (non-hydrogen) atoms. The minimum absolute atomic E-state index is 0.352. The van der Waals surface area contributed by atoms with Gasteiger partial charge in [0.25, 0.3) is 5.90 Å². The van der Waals surface area contributed by atoms with Crippen LogP contribution in [-0.4, -0.2) is 64.2 Å². The summed E-state index contributed by atoms with van der Waals surface area (Å²) >= 11 is 0. The summed E-state index contributed by atoms with van der Waals surface area (Å²) in [5.41, 5.74) is 0.472. The van der Waals surface area contributed by atoms with E-state index in [0.29, 0.717) is 5.69 Å². The van der Waals surface area contributed by atoms with Crippen molar-refractivity contribution >= 4 is 23.6 Å². The molecule has 10 heteroatoms. The molecular formula is C15H19N3O7. The average molecular weight is 353 g/mol. The van der Waals surface area contributed by atoms with Gasteiger partial charge >= 0.3 is 6.09 Å². The molecule has 1 aromatic carbocycles. The number of carbonyl (C=O) groups excluding carboxylic acids is 2. The third-order valence-electron chi connectivity index (χ3n) is 3.39. The van der Waals surface area contributed by atoms with Crippen LogP contribution in [0.5, 0.6) is 0 Å². The molecule has 4 atom stereocenters. The number of nitrogens with one attached hydrogen (secondary N) is 2. The van der Waals surface area contributed by atoms with Crippen LogP contribution in [0.3, 0.4) is 0 Å². The third-order valence-corrected chi connectivity index (χ3v) is 3.39. The van der Waals surface area contributed by atoms with E-state index < -0.39 is 43.0 Å². The molecular weight excluding hydrogens is 334 g/mol. The van der Waals surface area contributed by atoms with Crippen LogP contribution in [0.25, 0.3) is 0 Å². The molecule has 136 valence electrons. The topological polar surface area (TPSA) is 150 Å². The van der Waals surface area contributed by atoms with E-state index in [9.17, 15) is 24.9 Å². The van der Waals surface area contributed by atoms with Gasteiger partial charge in [-0.3, -0.25) is 14.9 Å². The van der Waals surface area contributed by atoms with Crippen LogP contribution < -0.4 is 10.6 Å². The second kappa shape index (κ2) is 8.42. The lowest BCUT2D eigenvalue weighted by atomic mass is 9.97. The summed E-state index contributed by atoms with van der Waals surface area (Å²) in [6.45, 7) is 0.581. The summed E-state index contributed by atoms with van der Waals surface area (Å²) in [5.74, 6) is -0.876. The van der Waals surface area contributed by atoms with E-state index in [4.69, 9.17) is 4.74 Å². The van der Waals surface area contributed by atoms with E-state index in [2.05, 4.69) is 20.6 Å². The molecule has 0 saturated carbocycles. The zero-order valence-electron chi connectivity index (χ0n) is 13.3. The van der Waals surface area contributed by atoms with Crippen molar-refractivity contribution < 1.29 is 34.5 Å². The second-order valence-corrected chi connectivity index (χ2v) is 5.30. The van der Waals surface area contributed by atoms with Crippen LogP contribution in [-0.2, 0) is 14.4 Å². The zero-order valence-corrected chi connectivity index (χ0v) is 13.3. The highest BCUT2D eigenvalue weighted by molar-refractivity contribution is 5.89. The summed E-state index contributed by atoms with van der Waals surface area (Å²) in [4.78, 5) is 27.7. The number of para-hydroxylation sites is 1. The number of carbonyl (C=O) groups is 2. The Morgan fingerprint density at radius 3 is 2.52 bits per heavy atom. The molecule has 0 bridgehead atoms. The first-order chi connectivity index (χ1) is 11.9. The van der Waals surface area contributed by atoms with Crippen molar-refractivity contribution in [1.82, 2.24) is 5.32 Å². The van der Waals surface area contributed by atoms with Crippen LogP contribution in [0.1, 0.15) is 6.92 Å². The molecule has 2 rings (SSSR count). The summed E-state index contributed by atoms with van der Waals surface area (Å²) in [7, 11) is 0. The summed E-state index contributed by atoms with van der Waals surface area (Å²) in [6, 6.07) is 7.22. The van der Waals surface area contributed by atoms with Gasteiger partial charge in [0.1, 0.15) is 18.2 Å². The first kappa shape index (κ1) is 18.6. The lowest BCUT2D eigenvalue weighted by Gasteiger charge is -2.37. The van der Waals surface area contributed by atoms with Gasteiger partial charge in [-0.05, 0) is 17.3 Å². The highest BCUT2D eigenvalue weighted by Crippen LogP contribution is 2.18. The van der Waals surface area contributed by atoms with E-state index in [1.54, 1.807) is 30.3 Å². The zero-order chi connectivity index (χ0) is 18.4. The molecule has 1 fully saturated rings. The fraction of sp³-hybridized carbons (Fsp3) is 0.400. The van der Waals surface area contributed by atoms with Crippen LogP contribution in [0.4, 0.5) is 10.5 Å². The van der Waals surface area contributed by atoms with Crippen molar-refractivity contribution in [3.63, 3.8) is 0 Å². The Morgan fingerprint density at radius 1 is 1.24 bits per heavy atom. The molecule has 1 aliphatic rings. The van der Waals surface area contributed by atoms with E-state index in [1.165, 1.54) is 6.92 Å². The maximum atomic E-state index is 11.7. The number of aliphatic hydroxyl groups is 3. The van der Waals surface area contributed by atoms with E-state index in [0.717, 1.165) is 0 Å². The van der Waals surface area contributed by atoms with Crippen molar-refractivity contribution in [2.75, 3.05) is 11.9 Å². The number of hydrogen-bond acceptors (Lipinski definition) is 8. The van der Waals surface area contributed by atoms with Crippen LogP contribution in [0.15, 0.2) is 35.5 Å². The number of aliphatic hydroxyl groups excluding tert-OH is 3. The maximum Gasteiger partial charge on any atom is 0.437 e. The average Bonchev–Trinajstić information content (AvgIpc) is 2.59. The number of amides is 2. The molecule has 10 nitrogen and oxygen atoms in total. The Labute approximate surface area is 143 Å². The molecule has 0 unspecified atom stereocenters. The van der Waals surface area contributed by atoms with Gasteiger partial charge in [0.05, 0.1) is 6.61 Å². The first-order valence-corrected chi connectivity index (χ1v) is 7.44. The molecule has 1 heterocycles. The molecule has 0 spiro atoms. The second-order valence-electron chi connectivity index (χ2n) is 5.30. The summed E-state index contributed by atoms with van der Waals surface area (Å²) < 4.78 is 5.20. The number of hydrogen-bond donors (Lipinski definition) is 5. The Hall–Kier alpha value is -2.69. The molecule has 0 aromatic heterocycles. The standard InChI is InChI=1S/C15H19N3O7/c1-8(20)16-11-13(22)12(21)10(7-19)24-14(11)18-25-15(23)17-9-5-3-2-4-6-9/h2-6,10-13,19,21-22H,7H2,1H3,(H,16,20)(H,17,23)/b18-14+/t10-,11-,12+,13+/m0/s1. The molecule has 1 saturated heterocycles. The van der Waals surface area contributed by atoms with Crippen molar-refractivity contribution in [3.05, 3.63) is 30.3 Å².